The van der Waals surface area contributed by atoms with Gasteiger partial charge in [-0.3, -0.25) is 38.9 Å². The molecule has 6 aliphatic rings. The van der Waals surface area contributed by atoms with Gasteiger partial charge in [0.15, 0.2) is 0 Å². The third-order valence-electron chi connectivity index (χ3n) is 15.8. The van der Waals surface area contributed by atoms with Crippen molar-refractivity contribution in [3.63, 3.8) is 0 Å². The molecule has 4 atom stereocenters. The molecule has 64 heavy (non-hydrogen) atoms. The number of imide groups is 1. The van der Waals surface area contributed by atoms with Gasteiger partial charge in [-0.25, -0.2) is 9.18 Å². The first kappa shape index (κ1) is 43.3. The van der Waals surface area contributed by atoms with E-state index in [-0.39, 0.29) is 52.9 Å². The van der Waals surface area contributed by atoms with Crippen LogP contribution in [-0.4, -0.2) is 80.0 Å². The standard InChI is InChI=1S/C48H54Cl2FN7O6/c1-56-37-24-28(10-15-35(37)58(45(56)63)36-16-17-38(59)54-42(36)60)46(64)20-22-57(23-21-46)26-27-8-12-30(13-9-27)52-43(61)41-39(31-6-5-7-33(50)40(31)51)48(47(55-41)18-3-2-4-19-47)32-14-11-29(49)25-34(32)53-44(48)62/h5-7,10-11,14-15,24-25,27,30,36,39,41,55,64H,2-4,8-9,12-13,16-23,26H2,1H3,(H,52,61)(H,53,62)(H,54,59,60)/t27?,30?,36?,39-,41+,48+/m0/s1. The summed E-state index contributed by atoms with van der Waals surface area (Å²) in [4.78, 5) is 69.6. The lowest BCUT2D eigenvalue weighted by Gasteiger charge is -2.47. The molecule has 3 aromatic carbocycles. The van der Waals surface area contributed by atoms with Gasteiger partial charge in [-0.2, -0.15) is 0 Å². The molecule has 16 heteroatoms. The number of aryl methyl sites for hydroxylation is 1. The molecule has 3 saturated heterocycles. The smallest absolute Gasteiger partial charge is 0.329 e. The van der Waals surface area contributed by atoms with Crippen LogP contribution in [0.1, 0.15) is 112 Å². The summed E-state index contributed by atoms with van der Waals surface area (Å²) in [5.74, 6) is -2.42. The summed E-state index contributed by atoms with van der Waals surface area (Å²) in [6.45, 7) is 2.27. The summed E-state index contributed by atoms with van der Waals surface area (Å²) in [5.41, 5.74) is -0.0238. The molecule has 4 aromatic rings. The number of hydrogen-bond acceptors (Lipinski definition) is 8. The number of rotatable bonds is 7. The minimum atomic E-state index is -1.28. The van der Waals surface area contributed by atoms with Crippen LogP contribution in [0.25, 0.3) is 11.0 Å². The topological polar surface area (TPSA) is 167 Å². The van der Waals surface area contributed by atoms with Crippen LogP contribution in [-0.2, 0) is 37.2 Å². The zero-order valence-electron chi connectivity index (χ0n) is 35.9. The van der Waals surface area contributed by atoms with Gasteiger partial charge < -0.3 is 20.6 Å². The lowest BCUT2D eigenvalue weighted by atomic mass is 9.55. The molecule has 2 spiro atoms. The van der Waals surface area contributed by atoms with Gasteiger partial charge in [-0.15, -0.1) is 0 Å². The van der Waals surface area contributed by atoms with Crippen LogP contribution in [0.2, 0.25) is 10.0 Å². The maximum absolute atomic E-state index is 16.3. The summed E-state index contributed by atoms with van der Waals surface area (Å²) >= 11 is 12.9. The third kappa shape index (κ3) is 6.92. The van der Waals surface area contributed by atoms with Crippen LogP contribution >= 0.6 is 23.2 Å². The molecular weight excluding hydrogens is 860 g/mol. The molecule has 0 bridgehead atoms. The molecule has 4 aliphatic heterocycles. The Bertz CT molecular complexity index is 2630. The monoisotopic (exact) mass is 913 g/mol. The highest BCUT2D eigenvalue weighted by Gasteiger charge is 2.72. The summed E-state index contributed by atoms with van der Waals surface area (Å²) in [5, 5.41) is 24.9. The number of aromatic nitrogens is 2. The molecule has 338 valence electrons. The molecule has 0 radical (unpaired) electrons. The molecular formula is C48H54Cl2FN7O6. The van der Waals surface area contributed by atoms with Crippen molar-refractivity contribution in [2.24, 2.45) is 13.0 Å². The Labute approximate surface area is 380 Å². The molecule has 5 N–H and O–H groups in total. The lowest BCUT2D eigenvalue weighted by Crippen LogP contribution is -2.60. The number of carbonyl (C=O) groups excluding carboxylic acids is 4. The Balaban J connectivity index is 0.810. The van der Waals surface area contributed by atoms with E-state index >= 15 is 4.39 Å². The van der Waals surface area contributed by atoms with E-state index in [4.69, 9.17) is 23.2 Å². The van der Waals surface area contributed by atoms with E-state index in [0.717, 1.165) is 62.6 Å². The maximum atomic E-state index is 16.3. The van der Waals surface area contributed by atoms with Gasteiger partial charge in [-0.05, 0) is 111 Å². The number of carbonyl (C=O) groups is 4. The predicted molar refractivity (Wildman–Crippen MR) is 241 cm³/mol. The second-order valence-electron chi connectivity index (χ2n) is 19.3. The van der Waals surface area contributed by atoms with E-state index in [2.05, 4.69) is 26.2 Å². The average molecular weight is 915 g/mol. The van der Waals surface area contributed by atoms with Crippen molar-refractivity contribution >= 4 is 63.6 Å². The van der Waals surface area contributed by atoms with Gasteiger partial charge in [-0.1, -0.05) is 66.7 Å². The van der Waals surface area contributed by atoms with Crippen LogP contribution in [0.15, 0.2) is 59.4 Å². The minimum Gasteiger partial charge on any atom is -0.385 e. The van der Waals surface area contributed by atoms with E-state index in [1.54, 1.807) is 37.4 Å². The fourth-order valence-electron chi connectivity index (χ4n) is 12.6. The second kappa shape index (κ2) is 16.4. The molecule has 13 nitrogen and oxygen atoms in total. The van der Waals surface area contributed by atoms with Gasteiger partial charge in [0, 0.05) is 61.3 Å². The summed E-state index contributed by atoms with van der Waals surface area (Å²) in [7, 11) is 1.66. The molecule has 1 unspecified atom stereocenters. The number of nitrogens with one attached hydrogen (secondary N) is 4. The fourth-order valence-corrected chi connectivity index (χ4v) is 13.0. The highest BCUT2D eigenvalue weighted by atomic mass is 35.5. The van der Waals surface area contributed by atoms with E-state index in [0.29, 0.717) is 66.4 Å². The number of benzene rings is 3. The number of amides is 4. The highest BCUT2D eigenvalue weighted by Crippen LogP contribution is 2.63. The number of imidazole rings is 1. The number of hydrogen-bond donors (Lipinski definition) is 5. The van der Waals surface area contributed by atoms with E-state index in [1.807, 2.05) is 18.2 Å². The number of piperidine rings is 2. The fraction of sp³-hybridized carbons (Fsp3) is 0.521. The average Bonchev–Trinajstić information content (AvgIpc) is 3.83. The number of nitrogens with zero attached hydrogens (tertiary/aromatic N) is 3. The normalized spacial score (nSPS) is 29.0. The minimum absolute atomic E-state index is 0.0586. The number of fused-ring (bicyclic) bond motifs is 4. The summed E-state index contributed by atoms with van der Waals surface area (Å²) in [6.07, 6.45) is 8.90. The van der Waals surface area contributed by atoms with Crippen molar-refractivity contribution in [3.8, 4) is 0 Å². The van der Waals surface area contributed by atoms with Crippen LogP contribution < -0.4 is 27.0 Å². The van der Waals surface area contributed by atoms with Crippen LogP contribution in [0.3, 0.4) is 0 Å². The first-order chi connectivity index (χ1) is 30.7. The van der Waals surface area contributed by atoms with E-state index in [9.17, 15) is 29.1 Å². The quantitative estimate of drug-likeness (QED) is 0.140. The van der Waals surface area contributed by atoms with Crippen LogP contribution in [0.5, 0.6) is 0 Å². The van der Waals surface area contributed by atoms with Crippen LogP contribution in [0.4, 0.5) is 10.1 Å². The zero-order valence-corrected chi connectivity index (χ0v) is 37.4. The Morgan fingerprint density at radius 1 is 0.891 bits per heavy atom. The Kier molecular flexibility index (Phi) is 11.1. The van der Waals surface area contributed by atoms with Crippen molar-refractivity contribution in [2.45, 2.75) is 124 Å². The molecule has 5 fully saturated rings. The van der Waals surface area contributed by atoms with Gasteiger partial charge in [0.05, 0.1) is 27.7 Å². The Morgan fingerprint density at radius 2 is 1.64 bits per heavy atom. The molecule has 4 amide bonds. The number of likely N-dealkylation sites (tertiary alicyclic amines) is 1. The molecule has 2 aliphatic carbocycles. The van der Waals surface area contributed by atoms with Gasteiger partial charge in [0.2, 0.25) is 23.6 Å². The predicted octanol–water partition coefficient (Wildman–Crippen LogP) is 6.07. The van der Waals surface area contributed by atoms with E-state index in [1.165, 1.54) is 15.2 Å². The van der Waals surface area contributed by atoms with E-state index < -0.39 is 46.3 Å². The van der Waals surface area contributed by atoms with Crippen LogP contribution in [0, 0.1) is 11.7 Å². The molecule has 2 saturated carbocycles. The SMILES string of the molecule is Cn1c(=O)n(C2CCC(=O)NC2=O)c2ccc(C3(O)CCN(CC4CCC(NC(=O)[C@@H]5NC6(CCCCC6)[C@@]6(C(=O)Nc7cc(Cl)ccc76)[C@H]5c5cccc(Cl)c5F)CC4)CC3)cc21. The van der Waals surface area contributed by atoms with Gasteiger partial charge >= 0.3 is 5.69 Å². The second-order valence-corrected chi connectivity index (χ2v) is 20.1. The number of halogens is 3. The Hall–Kier alpha value is -4.60. The van der Waals surface area contributed by atoms with Crippen molar-refractivity contribution < 1.29 is 28.7 Å². The highest BCUT2D eigenvalue weighted by molar-refractivity contribution is 6.31. The van der Waals surface area contributed by atoms with Gasteiger partial charge in [0.25, 0.3) is 0 Å². The zero-order chi connectivity index (χ0) is 44.7. The number of aliphatic hydroxyl groups is 1. The number of anilines is 1. The largest absolute Gasteiger partial charge is 0.385 e. The third-order valence-corrected chi connectivity index (χ3v) is 16.4. The van der Waals surface area contributed by atoms with Crippen molar-refractivity contribution in [1.29, 1.82) is 0 Å². The summed E-state index contributed by atoms with van der Waals surface area (Å²) < 4.78 is 19.3. The van der Waals surface area contributed by atoms with Crippen molar-refractivity contribution in [1.82, 2.24) is 30.0 Å². The van der Waals surface area contributed by atoms with Crippen molar-refractivity contribution in [3.05, 3.63) is 97.6 Å². The van der Waals surface area contributed by atoms with Gasteiger partial charge in [0.1, 0.15) is 17.3 Å². The lowest BCUT2D eigenvalue weighted by molar-refractivity contribution is -0.136. The molecule has 1 aromatic heterocycles. The molecule has 5 heterocycles. The maximum Gasteiger partial charge on any atom is 0.329 e. The Morgan fingerprint density at radius 3 is 2.38 bits per heavy atom. The first-order valence-electron chi connectivity index (χ1n) is 22.9. The summed E-state index contributed by atoms with van der Waals surface area (Å²) in [6, 6.07) is 13.9. The first-order valence-corrected chi connectivity index (χ1v) is 23.6. The molecule has 10 rings (SSSR count). The van der Waals surface area contributed by atoms with Crippen molar-refractivity contribution in [2.75, 3.05) is 25.0 Å².